The molecule has 0 aliphatic carbocycles. The highest BCUT2D eigenvalue weighted by Gasteiger charge is 2.37. The largest absolute Gasteiger partial charge is 0.508 e. The molecule has 2 aromatic carbocycles. The number of thiophene rings is 1. The first-order chi connectivity index (χ1) is 10.00. The second kappa shape index (κ2) is 4.01. The minimum Gasteiger partial charge on any atom is -0.508 e. The molecule has 3 heteroatoms. The molecule has 1 N–H and O–H groups in total. The number of aromatic hydroxyl groups is 1. The van der Waals surface area contributed by atoms with Crippen molar-refractivity contribution >= 4 is 27.1 Å². The Morgan fingerprint density at radius 1 is 1.10 bits per heavy atom. The molecule has 0 atom stereocenters. The van der Waals surface area contributed by atoms with Crippen molar-refractivity contribution in [2.45, 2.75) is 19.4 Å². The molecule has 2 nitrogen and oxygen atoms in total. The molecule has 21 heavy (non-hydrogen) atoms. The van der Waals surface area contributed by atoms with Crippen LogP contribution in [0, 0.1) is 0 Å². The summed E-state index contributed by atoms with van der Waals surface area (Å²) in [6.07, 6.45) is 0. The molecule has 0 radical (unpaired) electrons. The topological polar surface area (TPSA) is 23.5 Å². The SMILES string of the molecule is CN1c2cc(O)ccc2-c2c(sc3ccccc23)C1(C)C. The summed E-state index contributed by atoms with van der Waals surface area (Å²) < 4.78 is 1.32. The molecule has 4 rings (SSSR count). The molecule has 3 aromatic rings. The van der Waals surface area contributed by atoms with Crippen LogP contribution >= 0.6 is 11.3 Å². The third-order valence-corrected chi connectivity index (χ3v) is 6.09. The Morgan fingerprint density at radius 2 is 1.86 bits per heavy atom. The lowest BCUT2D eigenvalue weighted by atomic mass is 9.86. The molecule has 0 saturated carbocycles. The van der Waals surface area contributed by atoms with E-state index >= 15 is 0 Å². The van der Waals surface area contributed by atoms with Crippen molar-refractivity contribution in [2.75, 3.05) is 11.9 Å². The molecule has 0 saturated heterocycles. The number of anilines is 1. The smallest absolute Gasteiger partial charge is 0.117 e. The average molecular weight is 295 g/mol. The van der Waals surface area contributed by atoms with Crippen LogP contribution in [0.2, 0.25) is 0 Å². The predicted octanol–water partition coefficient (Wildman–Crippen LogP) is 4.96. The number of benzene rings is 2. The fraction of sp³-hybridized carbons (Fsp3) is 0.222. The van der Waals surface area contributed by atoms with E-state index in [1.165, 1.54) is 26.1 Å². The maximum absolute atomic E-state index is 9.86. The summed E-state index contributed by atoms with van der Waals surface area (Å²) in [6, 6.07) is 14.3. The number of rotatable bonds is 0. The van der Waals surface area contributed by atoms with Gasteiger partial charge in [-0.15, -0.1) is 11.3 Å². The minimum atomic E-state index is -0.0835. The summed E-state index contributed by atoms with van der Waals surface area (Å²) in [5, 5.41) is 11.2. The summed E-state index contributed by atoms with van der Waals surface area (Å²) in [6.45, 7) is 4.49. The molecule has 0 amide bonds. The zero-order valence-electron chi connectivity index (χ0n) is 12.3. The van der Waals surface area contributed by atoms with Crippen LogP contribution in [0.1, 0.15) is 18.7 Å². The fourth-order valence-corrected chi connectivity index (χ4v) is 4.56. The Labute approximate surface area is 128 Å². The molecule has 0 fully saturated rings. The van der Waals surface area contributed by atoms with Gasteiger partial charge in [0, 0.05) is 44.9 Å². The first-order valence-corrected chi connectivity index (χ1v) is 7.91. The van der Waals surface area contributed by atoms with Gasteiger partial charge in [0.1, 0.15) is 5.75 Å². The maximum atomic E-state index is 9.86. The van der Waals surface area contributed by atoms with Gasteiger partial charge in [0.25, 0.3) is 0 Å². The third-order valence-electron chi connectivity index (χ3n) is 4.60. The third kappa shape index (κ3) is 1.58. The summed E-state index contributed by atoms with van der Waals surface area (Å²) in [4.78, 5) is 3.66. The average Bonchev–Trinajstić information content (AvgIpc) is 2.86. The van der Waals surface area contributed by atoms with E-state index in [0.29, 0.717) is 5.75 Å². The number of hydrogen-bond donors (Lipinski definition) is 1. The number of phenolic OH excluding ortho intramolecular Hbond substituents is 1. The lowest BCUT2D eigenvalue weighted by molar-refractivity contribution is 0.473. The highest BCUT2D eigenvalue weighted by atomic mass is 32.1. The van der Waals surface area contributed by atoms with Crippen molar-refractivity contribution in [3.8, 4) is 16.9 Å². The Morgan fingerprint density at radius 3 is 2.67 bits per heavy atom. The van der Waals surface area contributed by atoms with Crippen LogP contribution in [0.3, 0.4) is 0 Å². The van der Waals surface area contributed by atoms with Gasteiger partial charge >= 0.3 is 0 Å². The second-order valence-corrected chi connectivity index (χ2v) is 7.17. The zero-order chi connectivity index (χ0) is 14.8. The minimum absolute atomic E-state index is 0.0835. The first kappa shape index (κ1) is 12.7. The van der Waals surface area contributed by atoms with E-state index in [9.17, 15) is 5.11 Å². The molecule has 106 valence electrons. The number of hydrogen-bond acceptors (Lipinski definition) is 3. The van der Waals surface area contributed by atoms with E-state index < -0.39 is 0 Å². The van der Waals surface area contributed by atoms with E-state index in [-0.39, 0.29) is 5.54 Å². The van der Waals surface area contributed by atoms with Crippen LogP contribution < -0.4 is 4.90 Å². The standard InChI is InChI=1S/C18H17NOS/c1-18(2)17-16(13-6-4-5-7-15(13)21-17)12-9-8-11(20)10-14(12)19(18)3/h4-10,20H,1-3H3. The van der Waals surface area contributed by atoms with Gasteiger partial charge in [-0.2, -0.15) is 0 Å². The maximum Gasteiger partial charge on any atom is 0.117 e. The monoisotopic (exact) mass is 295 g/mol. The molecule has 0 bridgehead atoms. The van der Waals surface area contributed by atoms with Crippen LogP contribution in [-0.2, 0) is 5.54 Å². The highest BCUT2D eigenvalue weighted by molar-refractivity contribution is 7.20. The summed E-state index contributed by atoms with van der Waals surface area (Å²) in [7, 11) is 2.10. The van der Waals surface area contributed by atoms with Crippen LogP contribution in [0.25, 0.3) is 21.2 Å². The van der Waals surface area contributed by atoms with Crippen molar-refractivity contribution in [2.24, 2.45) is 0 Å². The normalized spacial score (nSPS) is 15.9. The molecule has 2 heterocycles. The highest BCUT2D eigenvalue weighted by Crippen LogP contribution is 2.53. The van der Waals surface area contributed by atoms with Gasteiger partial charge in [0.2, 0.25) is 0 Å². The molecule has 0 unspecified atom stereocenters. The zero-order valence-corrected chi connectivity index (χ0v) is 13.2. The Hall–Kier alpha value is -2.00. The number of fused-ring (bicyclic) bond motifs is 5. The fourth-order valence-electron chi connectivity index (χ4n) is 3.21. The molecule has 1 aliphatic rings. The summed E-state index contributed by atoms with van der Waals surface area (Å²) in [5.74, 6) is 0.319. The van der Waals surface area contributed by atoms with Crippen molar-refractivity contribution in [1.29, 1.82) is 0 Å². The van der Waals surface area contributed by atoms with Crippen LogP contribution in [0.5, 0.6) is 5.75 Å². The summed E-state index contributed by atoms with van der Waals surface area (Å²) in [5.41, 5.74) is 3.55. The first-order valence-electron chi connectivity index (χ1n) is 7.09. The van der Waals surface area contributed by atoms with Crippen LogP contribution in [0.15, 0.2) is 42.5 Å². The van der Waals surface area contributed by atoms with E-state index in [4.69, 9.17) is 0 Å². The quantitative estimate of drug-likeness (QED) is 0.633. The molecular weight excluding hydrogens is 278 g/mol. The Kier molecular flexibility index (Phi) is 2.43. The van der Waals surface area contributed by atoms with Crippen molar-refractivity contribution in [3.63, 3.8) is 0 Å². The van der Waals surface area contributed by atoms with E-state index in [1.807, 2.05) is 23.5 Å². The lowest BCUT2D eigenvalue weighted by Crippen LogP contribution is -2.40. The van der Waals surface area contributed by atoms with Gasteiger partial charge in [-0.25, -0.2) is 0 Å². The molecule has 1 aliphatic heterocycles. The predicted molar refractivity (Wildman–Crippen MR) is 90.4 cm³/mol. The molecule has 0 spiro atoms. The number of nitrogens with zero attached hydrogens (tertiary/aromatic N) is 1. The Bertz CT molecular complexity index is 863. The van der Waals surface area contributed by atoms with Gasteiger partial charge < -0.3 is 10.0 Å². The van der Waals surface area contributed by atoms with Gasteiger partial charge in [-0.1, -0.05) is 18.2 Å². The molecule has 1 aromatic heterocycles. The van der Waals surface area contributed by atoms with Crippen molar-refractivity contribution in [1.82, 2.24) is 0 Å². The van der Waals surface area contributed by atoms with Gasteiger partial charge in [-0.05, 0) is 32.0 Å². The number of phenols is 1. The Balaban J connectivity index is 2.17. The van der Waals surface area contributed by atoms with E-state index in [1.54, 1.807) is 6.07 Å². The van der Waals surface area contributed by atoms with Gasteiger partial charge in [0.05, 0.1) is 5.54 Å². The summed E-state index contributed by atoms with van der Waals surface area (Å²) >= 11 is 1.87. The van der Waals surface area contributed by atoms with Crippen molar-refractivity contribution < 1.29 is 5.11 Å². The van der Waals surface area contributed by atoms with Crippen LogP contribution in [0.4, 0.5) is 5.69 Å². The van der Waals surface area contributed by atoms with E-state index in [0.717, 1.165) is 5.69 Å². The second-order valence-electron chi connectivity index (χ2n) is 6.12. The van der Waals surface area contributed by atoms with Crippen molar-refractivity contribution in [3.05, 3.63) is 47.3 Å². The van der Waals surface area contributed by atoms with Crippen LogP contribution in [-0.4, -0.2) is 12.2 Å². The van der Waals surface area contributed by atoms with Gasteiger partial charge in [-0.3, -0.25) is 0 Å². The van der Waals surface area contributed by atoms with E-state index in [2.05, 4.69) is 50.1 Å². The molecular formula is C18H17NOS. The lowest BCUT2D eigenvalue weighted by Gasteiger charge is -2.42. The van der Waals surface area contributed by atoms with Gasteiger partial charge in [0.15, 0.2) is 0 Å².